The lowest BCUT2D eigenvalue weighted by Crippen LogP contribution is -2.62. The molecule has 1 saturated heterocycles. The summed E-state index contributed by atoms with van der Waals surface area (Å²) in [6, 6.07) is 0.988. The number of rotatable bonds is 16. The predicted octanol–water partition coefficient (Wildman–Crippen LogP) is -3.09. The Morgan fingerprint density at radius 3 is 2.40 bits per heavy atom. The number of aliphatic hydroxyl groups is 1. The van der Waals surface area contributed by atoms with Crippen LogP contribution in [0.4, 0.5) is 4.79 Å². The van der Waals surface area contributed by atoms with Crippen molar-refractivity contribution in [2.24, 2.45) is 5.73 Å². The number of carboxylic acids is 2. The molecule has 1 aromatic carbocycles. The van der Waals surface area contributed by atoms with E-state index in [0.717, 1.165) is 32.6 Å². The molecule has 4 rings (SSSR count). The van der Waals surface area contributed by atoms with Crippen molar-refractivity contribution in [3.05, 3.63) is 69.1 Å². The number of aliphatic carboxylic acids is 2. The molecule has 11 N–H and O–H groups in total. The maximum atomic E-state index is 13.6. The number of fused-ring (bicyclic) bond motifs is 1. The third-order valence-electron chi connectivity index (χ3n) is 8.74. The first-order valence-electron chi connectivity index (χ1n) is 16.3. The highest BCUT2D eigenvalue weighted by atomic mass is 16.5. The second-order valence-electron chi connectivity index (χ2n) is 12.4. The number of ether oxygens (including phenoxy) is 1. The fraction of sp³-hybridized carbons (Fsp3) is 0.438. The number of nitrogens with two attached hydrogens (primary N) is 1. The molecule has 1 aliphatic rings. The molecule has 21 heteroatoms. The van der Waals surface area contributed by atoms with Crippen LogP contribution in [0.1, 0.15) is 31.6 Å². The van der Waals surface area contributed by atoms with Crippen LogP contribution in [0, 0.1) is 0 Å². The van der Waals surface area contributed by atoms with Crippen molar-refractivity contribution in [3.8, 4) is 0 Å². The van der Waals surface area contributed by atoms with Crippen molar-refractivity contribution < 1.29 is 48.8 Å². The largest absolute Gasteiger partial charge is 0.481 e. The first kappa shape index (κ1) is 39.7. The first-order valence-corrected chi connectivity index (χ1v) is 16.3. The molecule has 0 saturated carbocycles. The van der Waals surface area contributed by atoms with Crippen LogP contribution in [-0.2, 0) is 35.1 Å². The van der Waals surface area contributed by atoms with Gasteiger partial charge >= 0.3 is 23.7 Å². The van der Waals surface area contributed by atoms with Crippen LogP contribution >= 0.6 is 0 Å². The van der Waals surface area contributed by atoms with Gasteiger partial charge in [-0.05, 0) is 18.6 Å². The lowest BCUT2D eigenvalue weighted by atomic mass is 10.0. The van der Waals surface area contributed by atoms with Crippen LogP contribution in [-0.4, -0.2) is 127 Å². The fourth-order valence-electron chi connectivity index (χ4n) is 5.78. The van der Waals surface area contributed by atoms with Crippen molar-refractivity contribution in [1.82, 2.24) is 40.7 Å². The Hall–Kier alpha value is -6.06. The zero-order chi connectivity index (χ0) is 39.0. The maximum Gasteiger partial charge on any atom is 0.330 e. The van der Waals surface area contributed by atoms with E-state index in [1.165, 1.54) is 14.0 Å². The monoisotopic (exact) mass is 743 g/mol. The number of aliphatic hydroxyl groups excluding tert-OH is 1. The van der Waals surface area contributed by atoms with E-state index in [4.69, 9.17) is 10.5 Å². The van der Waals surface area contributed by atoms with E-state index in [9.17, 15) is 53.7 Å². The summed E-state index contributed by atoms with van der Waals surface area (Å²) in [5, 5.41) is 39.9. The Balaban J connectivity index is 1.46. The molecule has 53 heavy (non-hydrogen) atoms. The first-order chi connectivity index (χ1) is 25.1. The summed E-state index contributed by atoms with van der Waals surface area (Å²) >= 11 is 0. The van der Waals surface area contributed by atoms with Gasteiger partial charge in [-0.15, -0.1) is 0 Å². The van der Waals surface area contributed by atoms with Gasteiger partial charge in [-0.1, -0.05) is 18.2 Å². The van der Waals surface area contributed by atoms with E-state index in [2.05, 4.69) is 26.3 Å². The number of hydrogen-bond donors (Lipinski definition) is 10. The highest BCUT2D eigenvalue weighted by Crippen LogP contribution is 2.27. The van der Waals surface area contributed by atoms with Crippen LogP contribution in [0.5, 0.6) is 0 Å². The summed E-state index contributed by atoms with van der Waals surface area (Å²) in [6.07, 6.45) is -1.71. The molecule has 3 aromatic rings. The number of amides is 5. The average Bonchev–Trinajstić information content (AvgIpc) is 3.70. The number of urea groups is 1. The van der Waals surface area contributed by atoms with Gasteiger partial charge in [-0.25, -0.2) is 14.4 Å². The van der Waals surface area contributed by atoms with E-state index in [0.29, 0.717) is 5.56 Å². The van der Waals surface area contributed by atoms with Crippen molar-refractivity contribution in [1.29, 1.82) is 0 Å². The van der Waals surface area contributed by atoms with Crippen molar-refractivity contribution in [3.63, 3.8) is 0 Å². The summed E-state index contributed by atoms with van der Waals surface area (Å²) in [6.45, 7) is 0.695. The minimum atomic E-state index is -1.82. The summed E-state index contributed by atoms with van der Waals surface area (Å²) in [5.74, 6) is -5.57. The van der Waals surface area contributed by atoms with Crippen LogP contribution in [0.25, 0.3) is 10.9 Å². The van der Waals surface area contributed by atoms with E-state index in [1.54, 1.807) is 30.5 Å². The van der Waals surface area contributed by atoms with Gasteiger partial charge in [-0.2, -0.15) is 0 Å². The van der Waals surface area contributed by atoms with Gasteiger partial charge in [-0.3, -0.25) is 33.5 Å². The van der Waals surface area contributed by atoms with E-state index in [1.807, 2.05) is 4.98 Å². The summed E-state index contributed by atoms with van der Waals surface area (Å²) in [5.41, 5.74) is 5.31. The smallest absolute Gasteiger partial charge is 0.330 e. The molecule has 0 aliphatic carbocycles. The molecular weight excluding hydrogens is 702 g/mol. The minimum absolute atomic E-state index is 0.0496. The number of carbonyl (C=O) groups excluding carboxylic acids is 4. The standard InChI is InChI=1S/C32H41N9O12/c1-15(40(2)24(44)12-33)26(28(48)35-14-17-10-22(42)29(53-17)41-8-7-23(43)38-32(41)52)39-27(47)20(11-25(45)46)36-31(51)37-21(30(49)50)9-16-13-34-19-6-4-3-5-18(16)19/h3-8,13,15,17,20-22,26,29,34,42H,9-12,14,33H2,1-2H3,(H,35,48)(H,39,47)(H,45,46)(H,49,50)(H2,36,37,51)(H,38,43,52)/t15-,17+,20?,21-,22+,26-,29+/m0/s1. The SMILES string of the molecule is C[C@@H]([C@H](NC(=O)C(CC(=O)O)NC(=O)N[C@@H](Cc1c[nH]c2ccccc12)C(=O)O)C(=O)NC[C@H]1C[C@@H](O)[C@H](n2ccc(=O)[nH]c2=O)O1)N(C)C(=O)CN. The second-order valence-corrected chi connectivity index (χ2v) is 12.4. The molecule has 286 valence electrons. The molecule has 5 amide bonds. The number of nitrogens with one attached hydrogen (secondary N) is 6. The minimum Gasteiger partial charge on any atom is -0.481 e. The zero-order valence-electron chi connectivity index (χ0n) is 28.6. The number of hydrogen-bond acceptors (Lipinski definition) is 11. The zero-order valence-corrected chi connectivity index (χ0v) is 28.6. The average molecular weight is 744 g/mol. The maximum absolute atomic E-state index is 13.6. The second kappa shape index (κ2) is 17.4. The molecule has 0 spiro atoms. The fourth-order valence-corrected chi connectivity index (χ4v) is 5.78. The van der Waals surface area contributed by atoms with Crippen LogP contribution in [0.2, 0.25) is 0 Å². The molecule has 3 heterocycles. The van der Waals surface area contributed by atoms with E-state index in [-0.39, 0.29) is 19.4 Å². The van der Waals surface area contributed by atoms with Crippen LogP contribution in [0.15, 0.2) is 52.3 Å². The Kier molecular flexibility index (Phi) is 13.1. The van der Waals surface area contributed by atoms with Gasteiger partial charge in [0.2, 0.25) is 17.7 Å². The number of para-hydroxylation sites is 1. The van der Waals surface area contributed by atoms with Crippen LogP contribution in [0.3, 0.4) is 0 Å². The highest BCUT2D eigenvalue weighted by Gasteiger charge is 2.38. The van der Waals surface area contributed by atoms with Gasteiger partial charge in [0.05, 0.1) is 25.1 Å². The third kappa shape index (κ3) is 10.1. The number of likely N-dealkylation sites (N-methyl/N-ethyl adjacent to an activating group) is 1. The predicted molar refractivity (Wildman–Crippen MR) is 183 cm³/mol. The lowest BCUT2D eigenvalue weighted by molar-refractivity contribution is -0.141. The van der Waals surface area contributed by atoms with Gasteiger partial charge in [0.1, 0.15) is 24.2 Å². The Morgan fingerprint density at radius 1 is 1.04 bits per heavy atom. The summed E-state index contributed by atoms with van der Waals surface area (Å²) in [7, 11) is 1.31. The summed E-state index contributed by atoms with van der Waals surface area (Å²) in [4.78, 5) is 106. The molecule has 1 unspecified atom stereocenters. The number of aromatic amines is 2. The molecular formula is C32H41N9O12. The quantitative estimate of drug-likeness (QED) is 0.0697. The normalized spacial score (nSPS) is 19.0. The van der Waals surface area contributed by atoms with Gasteiger partial charge in [0, 0.05) is 55.8 Å². The Morgan fingerprint density at radius 2 is 1.74 bits per heavy atom. The molecule has 7 atom stereocenters. The van der Waals surface area contributed by atoms with Crippen molar-refractivity contribution >= 4 is 46.6 Å². The summed E-state index contributed by atoms with van der Waals surface area (Å²) < 4.78 is 6.70. The number of H-pyrrole nitrogens is 2. The topological polar surface area (TPSA) is 320 Å². The number of carboxylic acid groups (broad SMARTS) is 2. The molecule has 21 nitrogen and oxygen atoms in total. The number of nitrogens with zero attached hydrogens (tertiary/aromatic N) is 2. The number of carbonyl (C=O) groups is 6. The van der Waals surface area contributed by atoms with Gasteiger partial charge < -0.3 is 56.9 Å². The van der Waals surface area contributed by atoms with Crippen LogP contribution < -0.4 is 38.2 Å². The highest BCUT2D eigenvalue weighted by molar-refractivity contribution is 5.95. The van der Waals surface area contributed by atoms with Gasteiger partial charge in [0.15, 0.2) is 6.23 Å². The third-order valence-corrected chi connectivity index (χ3v) is 8.74. The molecule has 1 fully saturated rings. The molecule has 2 aromatic heterocycles. The lowest BCUT2D eigenvalue weighted by Gasteiger charge is -2.32. The number of benzene rings is 1. The van der Waals surface area contributed by atoms with E-state index >= 15 is 0 Å². The van der Waals surface area contributed by atoms with E-state index < -0.39 is 103 Å². The Labute approximate surface area is 299 Å². The molecule has 0 radical (unpaired) electrons. The number of aromatic nitrogens is 3. The van der Waals surface area contributed by atoms with Crippen molar-refractivity contribution in [2.75, 3.05) is 20.1 Å². The van der Waals surface area contributed by atoms with Gasteiger partial charge in [0.25, 0.3) is 5.56 Å². The molecule has 0 bridgehead atoms. The molecule has 1 aliphatic heterocycles. The van der Waals surface area contributed by atoms with Crippen molar-refractivity contribution in [2.45, 2.75) is 68.8 Å². The Bertz CT molecular complexity index is 1960.